The van der Waals surface area contributed by atoms with Gasteiger partial charge in [0, 0.05) is 46.1 Å². The summed E-state index contributed by atoms with van der Waals surface area (Å²) in [6.07, 6.45) is 81.4. The van der Waals surface area contributed by atoms with Crippen LogP contribution in [-0.2, 0) is 38.1 Å². The van der Waals surface area contributed by atoms with Gasteiger partial charge in [0.15, 0.2) is 0 Å². The van der Waals surface area contributed by atoms with Crippen molar-refractivity contribution < 1.29 is 67.7 Å². The maximum atomic E-state index is 12.5. The van der Waals surface area contributed by atoms with Gasteiger partial charge < -0.3 is 41.5 Å². The third kappa shape index (κ3) is 97.3. The minimum atomic E-state index is -0.879. The molecule has 0 aliphatic rings. The molecule has 10 unspecified atom stereocenters. The van der Waals surface area contributed by atoms with Crippen LogP contribution in [0.25, 0.3) is 36.9 Å². The number of unbranched alkanes of at least 4 members (excludes halogenated alkanes) is 43. The number of alkyl halides is 6. The molecule has 26 heteroatoms. The summed E-state index contributed by atoms with van der Waals surface area (Å²) in [5, 5.41) is 7.59. The summed E-state index contributed by atoms with van der Waals surface area (Å²) in [6, 6.07) is -1.28. The van der Waals surface area contributed by atoms with E-state index in [0.717, 1.165) is 116 Å². The van der Waals surface area contributed by atoms with Crippen molar-refractivity contribution in [3.8, 4) is 0 Å². The number of hydrogen-bond donors (Lipinski definition) is 2. The Balaban J connectivity index is -0.000000351. The summed E-state index contributed by atoms with van der Waals surface area (Å²) < 4.78 is 21.4. The van der Waals surface area contributed by atoms with Crippen molar-refractivity contribution >= 4 is 119 Å². The van der Waals surface area contributed by atoms with Gasteiger partial charge in [0.1, 0.15) is 16.9 Å². The monoisotopic (exact) mass is 2060 g/mol. The van der Waals surface area contributed by atoms with Gasteiger partial charge in [-0.3, -0.25) is 19.3 Å². The first-order valence-electron chi connectivity index (χ1n) is 47.2. The first-order chi connectivity index (χ1) is 56.8. The second-order valence-electron chi connectivity index (χ2n) is 31.7. The molecule has 0 saturated heterocycles. The minimum Gasteiger partial charge on any atom is -0.465 e. The number of rotatable bonds is 80. The largest absolute Gasteiger partial charge is 1.00 e. The van der Waals surface area contributed by atoms with Gasteiger partial charge in [-0.2, -0.15) is 0 Å². The molecule has 10 atom stereocenters. The third-order valence-electron chi connectivity index (χ3n) is 20.7. The van der Waals surface area contributed by atoms with E-state index in [1.165, 1.54) is 281 Å². The smallest absolute Gasteiger partial charge is 0.465 e. The first-order valence-corrected chi connectivity index (χ1v) is 52.7. The van der Waals surface area contributed by atoms with Crippen LogP contribution in [0.15, 0.2) is 34.5 Å². The van der Waals surface area contributed by atoms with Crippen LogP contribution in [0.2, 0.25) is 0 Å². The topological polar surface area (TPSA) is 313 Å². The molecule has 0 spiro atoms. The van der Waals surface area contributed by atoms with Crippen molar-refractivity contribution in [2.45, 2.75) is 507 Å². The molecular weight excluding hydrogens is 1890 g/mol. The molecule has 0 bridgehead atoms. The quantitative estimate of drug-likeness (QED) is 0.00554. The van der Waals surface area contributed by atoms with Gasteiger partial charge in [-0.15, -0.1) is 0 Å². The Morgan fingerprint density at radius 2 is 0.627 bits per heavy atom. The van der Waals surface area contributed by atoms with Gasteiger partial charge in [0.25, 0.3) is 0 Å². The molecular formula is C92H174Br6N11NaO8. The summed E-state index contributed by atoms with van der Waals surface area (Å²) >= 11 is 21.8. The van der Waals surface area contributed by atoms with Crippen LogP contribution < -0.4 is 41.0 Å². The summed E-state index contributed by atoms with van der Waals surface area (Å²) in [7, 11) is 0. The molecule has 0 rings (SSSR count). The second-order valence-corrected chi connectivity index (χ2v) is 38.6. The SMILES string of the molecule is CCCCCCCC/C=C/CCOC(=O)/C=C/CCCCCCCC.CCCCCCCCC(Br)C(Br)CCOC(=O)C(Br)C(Br)CCCCCCCC.CCCCCCCCC(Br)C(N=[N+]=[N-])C(=O)OCCC(Br)C(CCCCCCCC)N=[N+]=[N-].CCCCCCCCCC(N)C(=O)OCCCC(N)CCCCCCCC.[N-]=[N+]=[N-].[Na+]. The van der Waals surface area contributed by atoms with Crippen molar-refractivity contribution in [1.82, 2.24) is 0 Å². The zero-order chi connectivity index (χ0) is 87.9. The Morgan fingerprint density at radius 3 is 1.05 bits per heavy atom. The number of allylic oxidation sites excluding steroid dienone is 2. The van der Waals surface area contributed by atoms with E-state index in [-0.39, 0.29) is 85.5 Å². The summed E-state index contributed by atoms with van der Waals surface area (Å²) in [5.41, 5.74) is 43.4. The standard InChI is InChI=1S/C23H42Br4O2.C23H42Br2N6O2.C23H48N2O2.C23H42O2.N3.Na/c1-3-5-7-9-11-13-15-19(24)20(25)17-18-29-23(28)22(27)21(26)16-14-12-10-8-6-4-2;1-3-5-7-9-11-13-15-20(25)22(29-31-27)23(32)33-18-17-19(24)21(28-30-26)16-14-12-10-8-6-4-2;1-3-5-7-9-11-13-15-19-22(25)23(26)27-20-16-18-21(24)17-14-12-10-8-6-4-2;1-3-5-7-9-11-13-14-16-18-20-22-25-23(24)21-19-17-15-12-10-8-6-4-2;1-3-2;/h19-22H,3-18H2,1-2H3;19-22H,3-18H2,1-2H3;21-22H,3-20,24-25H2,1-2H3;16,18-19,21H,3-15,17,20,22H2,1-2H3;;/q;;;;-1;+1/b;;;18-16+,21-19+;;. The van der Waals surface area contributed by atoms with Crippen molar-refractivity contribution in [1.29, 1.82) is 0 Å². The number of nitrogens with two attached hydrogens (primary N) is 2. The van der Waals surface area contributed by atoms with Crippen molar-refractivity contribution in [2.75, 3.05) is 26.4 Å². The molecule has 0 aromatic carbocycles. The van der Waals surface area contributed by atoms with E-state index in [2.05, 4.69) is 183 Å². The fraction of sp³-hybridized carbons (Fsp3) is 0.913. The third-order valence-corrected chi connectivity index (χ3v) is 28.3. The molecule has 0 fully saturated rings. The van der Waals surface area contributed by atoms with Gasteiger partial charge >= 0.3 is 53.4 Å². The molecule has 118 heavy (non-hydrogen) atoms. The van der Waals surface area contributed by atoms with Crippen LogP contribution in [0.1, 0.15) is 453 Å². The van der Waals surface area contributed by atoms with Crippen LogP contribution in [0.4, 0.5) is 0 Å². The molecule has 4 N–H and O–H groups in total. The van der Waals surface area contributed by atoms with Gasteiger partial charge in [-0.1, -0.05) is 481 Å². The van der Waals surface area contributed by atoms with Crippen LogP contribution in [0.5, 0.6) is 0 Å². The fourth-order valence-corrected chi connectivity index (χ4v) is 16.3. The summed E-state index contributed by atoms with van der Waals surface area (Å²) in [4.78, 5) is 55.9. The summed E-state index contributed by atoms with van der Waals surface area (Å²) in [5.74, 6) is -1.11. The Labute approximate surface area is 795 Å². The van der Waals surface area contributed by atoms with E-state index in [1.807, 2.05) is 6.08 Å². The fourth-order valence-electron chi connectivity index (χ4n) is 13.1. The van der Waals surface area contributed by atoms with Crippen molar-refractivity contribution in [3.05, 3.63) is 61.2 Å². The van der Waals surface area contributed by atoms with E-state index in [4.69, 9.17) is 52.5 Å². The Kier molecular flexibility index (Phi) is 116. The number of ether oxygens (including phenoxy) is 4. The second kappa shape index (κ2) is 107. The van der Waals surface area contributed by atoms with Gasteiger partial charge in [-0.25, -0.2) is 4.79 Å². The summed E-state index contributed by atoms with van der Waals surface area (Å²) in [6.45, 7) is 19.4. The minimum absolute atomic E-state index is 0. The number of halogens is 6. The molecule has 0 heterocycles. The number of esters is 4. The predicted molar refractivity (Wildman–Crippen MR) is 522 cm³/mol. The van der Waals surface area contributed by atoms with E-state index in [0.29, 0.717) is 35.9 Å². The van der Waals surface area contributed by atoms with E-state index >= 15 is 0 Å². The van der Waals surface area contributed by atoms with Crippen molar-refractivity contribution in [3.63, 3.8) is 0 Å². The Hall–Kier alpha value is -0.910. The van der Waals surface area contributed by atoms with Crippen LogP contribution in [0, 0.1) is 0 Å². The zero-order valence-corrected chi connectivity index (χ0v) is 88.0. The van der Waals surface area contributed by atoms with Crippen LogP contribution >= 0.6 is 95.6 Å². The van der Waals surface area contributed by atoms with E-state index in [1.54, 1.807) is 6.08 Å². The normalized spacial score (nSPS) is 13.5. The average Bonchev–Trinajstić information content (AvgIpc) is 0.881. The molecule has 688 valence electrons. The van der Waals surface area contributed by atoms with Gasteiger partial charge in [0.2, 0.25) is 0 Å². The average molecular weight is 2060 g/mol. The molecule has 0 aromatic rings. The zero-order valence-electron chi connectivity index (χ0n) is 76.5. The predicted octanol–water partition coefficient (Wildman–Crippen LogP) is 30.0. The van der Waals surface area contributed by atoms with Gasteiger partial charge in [-0.05, 0) is 107 Å². The van der Waals surface area contributed by atoms with Gasteiger partial charge in [0.05, 0.1) is 32.5 Å². The molecule has 0 saturated carbocycles. The number of carbonyl (C=O) groups is 4. The molecule has 0 radical (unpaired) electrons. The number of hydrogen-bond acceptors (Lipinski definition) is 12. The maximum Gasteiger partial charge on any atom is 1.00 e. The van der Waals surface area contributed by atoms with E-state index in [9.17, 15) is 19.2 Å². The van der Waals surface area contributed by atoms with Crippen LogP contribution in [0.3, 0.4) is 0 Å². The van der Waals surface area contributed by atoms with E-state index < -0.39 is 18.1 Å². The molecule has 0 aromatic heterocycles. The number of nitrogens with zero attached hydrogens (tertiary/aromatic N) is 9. The molecule has 0 amide bonds. The number of carbonyl (C=O) groups excluding carboxylic acids is 4. The first kappa shape index (κ1) is 128. The molecule has 0 aliphatic heterocycles. The molecule has 0 aliphatic carbocycles. The van der Waals surface area contributed by atoms with Crippen molar-refractivity contribution in [2.24, 2.45) is 21.7 Å². The van der Waals surface area contributed by atoms with Crippen LogP contribution in [-0.4, -0.2) is 103 Å². The maximum absolute atomic E-state index is 12.5. The Morgan fingerprint density at radius 1 is 0.314 bits per heavy atom. The number of azide groups is 2. The molecule has 19 nitrogen and oxygen atoms in total. The Bertz CT molecular complexity index is 2350.